The fourth-order valence-corrected chi connectivity index (χ4v) is 1.89. The van der Waals surface area contributed by atoms with Crippen molar-refractivity contribution in [1.29, 1.82) is 5.26 Å². The topological polar surface area (TPSA) is 40.9 Å². The maximum atomic E-state index is 10.4. The molecule has 0 saturated heterocycles. The molecule has 0 radical (unpaired) electrons. The van der Waals surface area contributed by atoms with E-state index in [2.05, 4.69) is 0 Å². The van der Waals surface area contributed by atoms with Crippen LogP contribution in [0.25, 0.3) is 6.08 Å². The number of nitriles is 1. The highest BCUT2D eigenvalue weighted by molar-refractivity contribution is 7.14. The lowest BCUT2D eigenvalue weighted by Crippen LogP contribution is -1.67. The van der Waals surface area contributed by atoms with Crippen molar-refractivity contribution >= 4 is 23.7 Å². The molecule has 0 aliphatic carbocycles. The van der Waals surface area contributed by atoms with Gasteiger partial charge < -0.3 is 0 Å². The van der Waals surface area contributed by atoms with Crippen molar-refractivity contribution in [1.82, 2.24) is 0 Å². The Morgan fingerprint density at radius 3 is 3.00 bits per heavy atom. The lowest BCUT2D eigenvalue weighted by molar-refractivity contribution is 0.112. The van der Waals surface area contributed by atoms with E-state index in [0.29, 0.717) is 6.42 Å². The Bertz CT molecular complexity index is 371. The minimum Gasteiger partial charge on any atom is -0.297 e. The summed E-state index contributed by atoms with van der Waals surface area (Å²) in [5.74, 6) is 0. The van der Waals surface area contributed by atoms with Gasteiger partial charge in [-0.15, -0.1) is 11.3 Å². The second kappa shape index (κ2) is 4.58. The van der Waals surface area contributed by atoms with Gasteiger partial charge in [-0.3, -0.25) is 4.79 Å². The van der Waals surface area contributed by atoms with Crippen molar-refractivity contribution < 1.29 is 4.79 Å². The highest BCUT2D eigenvalue weighted by Gasteiger charge is 2.00. The molecular weight excluding hydrogens is 182 g/mol. The zero-order chi connectivity index (χ0) is 9.68. The van der Waals surface area contributed by atoms with Crippen molar-refractivity contribution in [2.45, 2.75) is 13.3 Å². The van der Waals surface area contributed by atoms with E-state index >= 15 is 0 Å². The normalized spacial score (nSPS) is 10.2. The Hall–Kier alpha value is -1.40. The molecule has 1 aromatic rings. The molecule has 1 rings (SSSR count). The van der Waals surface area contributed by atoms with E-state index in [4.69, 9.17) is 5.26 Å². The maximum absolute atomic E-state index is 10.4. The fourth-order valence-electron chi connectivity index (χ4n) is 0.964. The summed E-state index contributed by atoms with van der Waals surface area (Å²) in [6, 6.07) is 3.88. The number of rotatable bonds is 3. The van der Waals surface area contributed by atoms with Crippen molar-refractivity contribution in [3.63, 3.8) is 0 Å². The summed E-state index contributed by atoms with van der Waals surface area (Å²) in [4.78, 5) is 12.2. The third-order valence-electron chi connectivity index (χ3n) is 1.57. The lowest BCUT2D eigenvalue weighted by atomic mass is 10.2. The summed E-state index contributed by atoms with van der Waals surface area (Å²) < 4.78 is 0. The molecule has 0 fully saturated rings. The second-order valence-corrected chi connectivity index (χ2v) is 3.69. The number of nitrogens with zero attached hydrogens (tertiary/aromatic N) is 1. The summed E-state index contributed by atoms with van der Waals surface area (Å²) in [6.07, 6.45) is 4.94. The van der Waals surface area contributed by atoms with Crippen molar-refractivity contribution in [2.75, 3.05) is 0 Å². The molecule has 0 atom stereocenters. The number of hydrogen-bond donors (Lipinski definition) is 0. The van der Waals surface area contributed by atoms with Crippen LogP contribution < -0.4 is 0 Å². The van der Waals surface area contributed by atoms with E-state index < -0.39 is 0 Å². The molecule has 0 unspecified atom stereocenters. The highest BCUT2D eigenvalue weighted by Crippen LogP contribution is 2.21. The SMILES string of the molecule is Cc1cc(C=O)sc1C=CCC#N. The minimum absolute atomic E-state index is 0.410. The van der Waals surface area contributed by atoms with E-state index in [1.165, 1.54) is 11.3 Å². The molecular formula is C10H9NOS. The van der Waals surface area contributed by atoms with Crippen LogP contribution in [-0.4, -0.2) is 6.29 Å². The van der Waals surface area contributed by atoms with Gasteiger partial charge in [-0.1, -0.05) is 6.08 Å². The van der Waals surface area contributed by atoms with Gasteiger partial charge in [0.25, 0.3) is 0 Å². The van der Waals surface area contributed by atoms with Gasteiger partial charge in [0.05, 0.1) is 17.4 Å². The lowest BCUT2D eigenvalue weighted by Gasteiger charge is -1.85. The van der Waals surface area contributed by atoms with E-state index in [9.17, 15) is 4.79 Å². The van der Waals surface area contributed by atoms with Gasteiger partial charge in [0.2, 0.25) is 0 Å². The van der Waals surface area contributed by atoms with Crippen LogP contribution in [0.1, 0.15) is 26.5 Å². The van der Waals surface area contributed by atoms with Crippen LogP contribution in [0.4, 0.5) is 0 Å². The molecule has 0 aliphatic heterocycles. The number of aryl methyl sites for hydroxylation is 1. The van der Waals surface area contributed by atoms with Crippen LogP contribution in [0.5, 0.6) is 0 Å². The summed E-state index contributed by atoms with van der Waals surface area (Å²) in [5, 5.41) is 8.31. The quantitative estimate of drug-likeness (QED) is 0.689. The summed E-state index contributed by atoms with van der Waals surface area (Å²) >= 11 is 1.45. The largest absolute Gasteiger partial charge is 0.297 e. The third-order valence-corrected chi connectivity index (χ3v) is 2.70. The van der Waals surface area contributed by atoms with Crippen LogP contribution in [0.2, 0.25) is 0 Å². The first-order chi connectivity index (χ1) is 6.27. The minimum atomic E-state index is 0.410. The van der Waals surface area contributed by atoms with Crippen LogP contribution in [-0.2, 0) is 0 Å². The molecule has 0 aromatic carbocycles. The molecule has 1 heterocycles. The standard InChI is InChI=1S/C10H9NOS/c1-8-6-9(7-12)13-10(8)4-2-3-5-11/h2,4,6-7H,3H2,1H3. The van der Waals surface area contributed by atoms with Crippen LogP contribution in [0.15, 0.2) is 12.1 Å². The predicted molar refractivity (Wildman–Crippen MR) is 53.7 cm³/mol. The van der Waals surface area contributed by atoms with Crippen LogP contribution in [0.3, 0.4) is 0 Å². The van der Waals surface area contributed by atoms with Crippen molar-refractivity contribution in [3.8, 4) is 6.07 Å². The zero-order valence-electron chi connectivity index (χ0n) is 7.28. The van der Waals surface area contributed by atoms with Crippen molar-refractivity contribution in [3.05, 3.63) is 27.5 Å². The number of hydrogen-bond acceptors (Lipinski definition) is 3. The predicted octanol–water partition coefficient (Wildman–Crippen LogP) is 2.80. The van der Waals surface area contributed by atoms with E-state index in [0.717, 1.165) is 21.6 Å². The van der Waals surface area contributed by atoms with Crippen molar-refractivity contribution in [2.24, 2.45) is 0 Å². The molecule has 13 heavy (non-hydrogen) atoms. The Kier molecular flexibility index (Phi) is 3.41. The Morgan fingerprint density at radius 2 is 2.46 bits per heavy atom. The molecule has 3 heteroatoms. The number of allylic oxidation sites excluding steroid dienone is 1. The molecule has 66 valence electrons. The van der Waals surface area contributed by atoms with E-state index in [1.54, 1.807) is 6.08 Å². The molecule has 0 saturated carbocycles. The molecule has 2 nitrogen and oxygen atoms in total. The van der Waals surface area contributed by atoms with Gasteiger partial charge in [0.1, 0.15) is 0 Å². The summed E-state index contributed by atoms with van der Waals surface area (Å²) in [6.45, 7) is 1.95. The van der Waals surface area contributed by atoms with Gasteiger partial charge in [0.15, 0.2) is 6.29 Å². The molecule has 1 aromatic heterocycles. The smallest absolute Gasteiger partial charge is 0.160 e. The molecule has 0 amide bonds. The number of aldehydes is 1. The highest BCUT2D eigenvalue weighted by atomic mass is 32.1. The third kappa shape index (κ3) is 2.53. The molecule has 0 spiro atoms. The molecule has 0 bridgehead atoms. The Morgan fingerprint density at radius 1 is 1.69 bits per heavy atom. The average Bonchev–Trinajstić information content (AvgIpc) is 2.48. The number of carbonyl (C=O) groups excluding carboxylic acids is 1. The average molecular weight is 191 g/mol. The van der Waals surface area contributed by atoms with E-state index in [-0.39, 0.29) is 0 Å². The monoisotopic (exact) mass is 191 g/mol. The molecule has 0 N–H and O–H groups in total. The Balaban J connectivity index is 2.83. The maximum Gasteiger partial charge on any atom is 0.160 e. The van der Waals surface area contributed by atoms with E-state index in [1.807, 2.05) is 25.1 Å². The first kappa shape index (κ1) is 9.69. The van der Waals surface area contributed by atoms with Gasteiger partial charge in [0, 0.05) is 4.88 Å². The summed E-state index contributed by atoms with van der Waals surface area (Å²) in [7, 11) is 0. The van der Waals surface area contributed by atoms with Gasteiger partial charge in [-0.2, -0.15) is 5.26 Å². The number of thiophene rings is 1. The second-order valence-electron chi connectivity index (χ2n) is 2.58. The first-order valence-electron chi connectivity index (χ1n) is 3.87. The zero-order valence-corrected chi connectivity index (χ0v) is 8.10. The van der Waals surface area contributed by atoms with Crippen LogP contribution >= 0.6 is 11.3 Å². The van der Waals surface area contributed by atoms with Gasteiger partial charge >= 0.3 is 0 Å². The van der Waals surface area contributed by atoms with Gasteiger partial charge in [-0.25, -0.2) is 0 Å². The Labute approximate surface area is 81.1 Å². The van der Waals surface area contributed by atoms with Crippen LogP contribution in [0, 0.1) is 18.3 Å². The van der Waals surface area contributed by atoms with Gasteiger partial charge in [-0.05, 0) is 24.6 Å². The summed E-state index contributed by atoms with van der Waals surface area (Å²) in [5.41, 5.74) is 1.08. The molecule has 0 aliphatic rings. The first-order valence-corrected chi connectivity index (χ1v) is 4.68. The fraction of sp³-hybridized carbons (Fsp3) is 0.200. The number of carbonyl (C=O) groups is 1.